The molecule has 1 heterocycles. The van der Waals surface area contributed by atoms with Crippen LogP contribution in [0, 0.1) is 0 Å². The first-order valence-corrected chi connectivity index (χ1v) is 11.2. The van der Waals surface area contributed by atoms with E-state index in [1.165, 1.54) is 31.3 Å². The molecule has 3 rings (SSSR count). The average molecular weight is 472 g/mol. The number of carbonyl (C=O) groups is 3. The normalized spacial score (nSPS) is 12.9. The van der Waals surface area contributed by atoms with Crippen LogP contribution < -0.4 is 10.7 Å². The number of nitrogens with one attached hydrogen (secondary N) is 1. The van der Waals surface area contributed by atoms with Crippen LogP contribution in [0.25, 0.3) is 20.2 Å². The first-order valence-electron chi connectivity index (χ1n) is 10.4. The molecule has 1 unspecified atom stereocenters. The van der Waals surface area contributed by atoms with Gasteiger partial charge in [-0.2, -0.15) is 0 Å². The lowest BCUT2D eigenvalue weighted by molar-refractivity contribution is -0.145. The van der Waals surface area contributed by atoms with E-state index in [4.69, 9.17) is 9.84 Å². The van der Waals surface area contributed by atoms with E-state index in [-0.39, 0.29) is 36.5 Å². The number of aromatic hydroxyl groups is 1. The zero-order valence-corrected chi connectivity index (χ0v) is 19.2. The third-order valence-corrected chi connectivity index (χ3v) is 6.57. The Morgan fingerprint density at radius 2 is 1.70 bits per heavy atom. The molecule has 1 amide bonds. The van der Waals surface area contributed by atoms with Crippen LogP contribution >= 0.6 is 11.3 Å². The van der Waals surface area contributed by atoms with E-state index >= 15 is 0 Å². The van der Waals surface area contributed by atoms with E-state index in [1.807, 2.05) is 12.1 Å². The summed E-state index contributed by atoms with van der Waals surface area (Å²) in [5.74, 6) is -1.89. The molecule has 1 atom stereocenters. The number of amides is 1. The molecule has 0 saturated carbocycles. The number of hydrogen-bond acceptors (Lipinski definition) is 7. The maximum Gasteiger partial charge on any atom is 0.303 e. The number of esters is 1. The topological polar surface area (TPSA) is 130 Å². The number of hydrogen-bond donors (Lipinski definition) is 3. The largest absolute Gasteiger partial charge is 0.508 e. The number of rotatable bonds is 9. The van der Waals surface area contributed by atoms with Crippen molar-refractivity contribution in [2.45, 2.75) is 45.1 Å². The average Bonchev–Trinajstić information content (AvgIpc) is 2.75. The summed E-state index contributed by atoms with van der Waals surface area (Å²) in [4.78, 5) is 47.5. The van der Waals surface area contributed by atoms with Crippen molar-refractivity contribution in [3.63, 3.8) is 0 Å². The Hall–Kier alpha value is -3.46. The van der Waals surface area contributed by atoms with Crippen LogP contribution in [0.3, 0.4) is 0 Å². The van der Waals surface area contributed by atoms with E-state index in [9.17, 15) is 24.3 Å². The minimum absolute atomic E-state index is 0.0197. The molecule has 3 aromatic rings. The van der Waals surface area contributed by atoms with Gasteiger partial charge < -0.3 is 20.3 Å². The van der Waals surface area contributed by atoms with Gasteiger partial charge in [0.2, 0.25) is 5.91 Å². The van der Waals surface area contributed by atoms with Gasteiger partial charge in [-0.25, -0.2) is 0 Å². The maximum atomic E-state index is 13.0. The van der Waals surface area contributed by atoms with Crippen LogP contribution in [-0.4, -0.2) is 40.2 Å². The molecule has 0 radical (unpaired) electrons. The van der Waals surface area contributed by atoms with E-state index in [0.29, 0.717) is 23.6 Å². The summed E-state index contributed by atoms with van der Waals surface area (Å²) >= 11 is 1.45. The molecule has 0 bridgehead atoms. The second-order valence-corrected chi connectivity index (χ2v) is 9.16. The van der Waals surface area contributed by atoms with E-state index in [2.05, 4.69) is 5.32 Å². The molecule has 33 heavy (non-hydrogen) atoms. The van der Waals surface area contributed by atoms with Crippen LogP contribution in [-0.2, 0) is 25.5 Å². The molecule has 8 nitrogen and oxygen atoms in total. The second-order valence-electron chi connectivity index (χ2n) is 8.08. The fourth-order valence-electron chi connectivity index (χ4n) is 3.82. The maximum absolute atomic E-state index is 13.0. The van der Waals surface area contributed by atoms with Crippen LogP contribution in [0.15, 0.2) is 41.2 Å². The Morgan fingerprint density at radius 3 is 2.33 bits per heavy atom. The number of benzene rings is 2. The standard InChI is InChI=1S/C24H25NO7S/c1-14(26)25-24(10-8-22(29)30,13-32-15(2)27)9-7-16-3-5-20-18(11-16)23(31)19-12-17(28)4-6-21(19)33-20/h3-6,11-12,28H,7-10,13H2,1-2H3,(H,25,26)(H,29,30). The lowest BCUT2D eigenvalue weighted by Crippen LogP contribution is -2.52. The molecular weight excluding hydrogens is 446 g/mol. The van der Waals surface area contributed by atoms with Gasteiger partial charge >= 0.3 is 11.9 Å². The third-order valence-electron chi connectivity index (χ3n) is 5.42. The highest BCUT2D eigenvalue weighted by Crippen LogP contribution is 2.29. The highest BCUT2D eigenvalue weighted by atomic mass is 32.1. The number of phenols is 1. The zero-order valence-electron chi connectivity index (χ0n) is 18.3. The zero-order chi connectivity index (χ0) is 24.2. The van der Waals surface area contributed by atoms with Gasteiger partial charge in [-0.05, 0) is 55.2 Å². The van der Waals surface area contributed by atoms with Crippen molar-refractivity contribution in [3.05, 3.63) is 52.2 Å². The molecule has 2 aromatic carbocycles. The highest BCUT2D eigenvalue weighted by molar-refractivity contribution is 7.24. The third kappa shape index (κ3) is 6.07. The predicted octanol–water partition coefficient (Wildman–Crippen LogP) is 3.36. The number of ether oxygens (including phenoxy) is 1. The van der Waals surface area contributed by atoms with Crippen molar-refractivity contribution in [2.75, 3.05) is 6.61 Å². The molecule has 0 saturated heterocycles. The lowest BCUT2D eigenvalue weighted by atomic mass is 9.87. The molecule has 1 aromatic heterocycles. The number of fused-ring (bicyclic) bond motifs is 2. The second kappa shape index (κ2) is 9.99. The van der Waals surface area contributed by atoms with E-state index < -0.39 is 17.5 Å². The van der Waals surface area contributed by atoms with Crippen LogP contribution in [0.1, 0.15) is 38.7 Å². The SMILES string of the molecule is CC(=O)NC(CCC(=O)O)(CCc1ccc2sc3ccc(O)cc3c(=O)c2c1)COC(C)=O. The summed E-state index contributed by atoms with van der Waals surface area (Å²) in [6, 6.07) is 10.2. The van der Waals surface area contributed by atoms with Crippen LogP contribution in [0.2, 0.25) is 0 Å². The lowest BCUT2D eigenvalue weighted by Gasteiger charge is -2.34. The van der Waals surface area contributed by atoms with Gasteiger partial charge in [0, 0.05) is 40.4 Å². The smallest absolute Gasteiger partial charge is 0.303 e. The minimum Gasteiger partial charge on any atom is -0.508 e. The van der Waals surface area contributed by atoms with Crippen molar-refractivity contribution in [1.82, 2.24) is 5.32 Å². The summed E-state index contributed by atoms with van der Waals surface area (Å²) in [7, 11) is 0. The van der Waals surface area contributed by atoms with Crippen molar-refractivity contribution in [1.29, 1.82) is 0 Å². The summed E-state index contributed by atoms with van der Waals surface area (Å²) in [6.07, 6.45) is 0.604. The Morgan fingerprint density at radius 1 is 1.03 bits per heavy atom. The van der Waals surface area contributed by atoms with Gasteiger partial charge in [0.05, 0.1) is 5.54 Å². The van der Waals surface area contributed by atoms with Crippen LogP contribution in [0.5, 0.6) is 5.75 Å². The predicted molar refractivity (Wildman–Crippen MR) is 126 cm³/mol. The van der Waals surface area contributed by atoms with Crippen molar-refractivity contribution in [2.24, 2.45) is 0 Å². The van der Waals surface area contributed by atoms with Gasteiger partial charge in [-0.15, -0.1) is 11.3 Å². The summed E-state index contributed by atoms with van der Waals surface area (Å²) in [5, 5.41) is 22.7. The minimum atomic E-state index is -1.05. The summed E-state index contributed by atoms with van der Waals surface area (Å²) in [6.45, 7) is 2.42. The number of aryl methyl sites for hydroxylation is 1. The number of carbonyl (C=O) groups excluding carboxylic acids is 2. The first kappa shape index (κ1) is 24.2. The summed E-state index contributed by atoms with van der Waals surface area (Å²) < 4.78 is 6.74. The first-order chi connectivity index (χ1) is 15.6. The number of phenolic OH excluding ortho intramolecular Hbond substituents is 1. The monoisotopic (exact) mass is 471 g/mol. The molecule has 0 fully saturated rings. The number of aliphatic carboxylic acids is 1. The Labute approximate surface area is 193 Å². The highest BCUT2D eigenvalue weighted by Gasteiger charge is 2.33. The quantitative estimate of drug-likeness (QED) is 0.322. The van der Waals surface area contributed by atoms with Gasteiger partial charge in [0.15, 0.2) is 5.43 Å². The van der Waals surface area contributed by atoms with E-state index in [0.717, 1.165) is 15.0 Å². The molecule has 9 heteroatoms. The molecule has 0 aliphatic heterocycles. The molecular formula is C24H25NO7S. The number of carboxylic acids is 1. The van der Waals surface area contributed by atoms with Crippen molar-refractivity contribution in [3.8, 4) is 5.75 Å². The Bertz CT molecular complexity index is 1260. The Balaban J connectivity index is 1.94. The molecule has 3 N–H and O–H groups in total. The van der Waals surface area contributed by atoms with E-state index in [1.54, 1.807) is 18.2 Å². The van der Waals surface area contributed by atoms with Gasteiger partial charge in [0.1, 0.15) is 12.4 Å². The number of carboxylic acid groups (broad SMARTS) is 1. The van der Waals surface area contributed by atoms with Crippen molar-refractivity contribution < 1.29 is 29.3 Å². The van der Waals surface area contributed by atoms with Crippen LogP contribution in [0.4, 0.5) is 0 Å². The van der Waals surface area contributed by atoms with Crippen molar-refractivity contribution >= 4 is 49.4 Å². The molecule has 0 aliphatic rings. The fourth-order valence-corrected chi connectivity index (χ4v) is 4.85. The fraction of sp³-hybridized carbons (Fsp3) is 0.333. The Kier molecular flexibility index (Phi) is 7.33. The molecule has 0 spiro atoms. The van der Waals surface area contributed by atoms with Gasteiger partial charge in [0.25, 0.3) is 0 Å². The molecule has 0 aliphatic carbocycles. The van der Waals surface area contributed by atoms with Gasteiger partial charge in [-0.3, -0.25) is 19.2 Å². The summed E-state index contributed by atoms with van der Waals surface area (Å²) in [5.41, 5.74) is -0.419. The van der Waals surface area contributed by atoms with Gasteiger partial charge in [-0.1, -0.05) is 6.07 Å². The molecule has 174 valence electrons.